The fraction of sp³-hybridized carbons (Fsp3) is 0.208. The number of anilines is 1. The number of nitriles is 1. The smallest absolute Gasteiger partial charge is 0.251 e. The Morgan fingerprint density at radius 2 is 2.00 bits per heavy atom. The van der Waals surface area contributed by atoms with E-state index in [0.717, 1.165) is 30.0 Å². The molecule has 1 aromatic heterocycles. The molecule has 1 atom stereocenters. The first kappa shape index (κ1) is 20.2. The van der Waals surface area contributed by atoms with Crippen LogP contribution in [-0.4, -0.2) is 24.0 Å². The van der Waals surface area contributed by atoms with Crippen LogP contribution in [0.5, 0.6) is 17.2 Å². The summed E-state index contributed by atoms with van der Waals surface area (Å²) in [5.41, 5.74) is 3.78. The van der Waals surface area contributed by atoms with Gasteiger partial charge in [-0.25, -0.2) is 4.98 Å². The van der Waals surface area contributed by atoms with Gasteiger partial charge in [-0.1, -0.05) is 12.1 Å². The van der Waals surface area contributed by atoms with Crippen LogP contribution < -0.4 is 18.5 Å². The van der Waals surface area contributed by atoms with Crippen LogP contribution in [0.15, 0.2) is 60.8 Å². The maximum Gasteiger partial charge on any atom is 0.251 e. The lowest BCUT2D eigenvalue weighted by atomic mass is 10.0. The Hall–Kier alpha value is -3.70. The first-order chi connectivity index (χ1) is 15.7. The van der Waals surface area contributed by atoms with Crippen molar-refractivity contribution in [3.8, 4) is 23.3 Å². The SMILES string of the molecule is N#Cc1ccc(Oc2cccc3c2CC[C@H]3COc2ccc(N3CC(=O)NS3)cc2)cn1. The summed E-state index contributed by atoms with van der Waals surface area (Å²) in [6.07, 6.45) is 3.50. The van der Waals surface area contributed by atoms with Gasteiger partial charge in [0.1, 0.15) is 35.6 Å². The second-order valence-corrected chi connectivity index (χ2v) is 8.44. The van der Waals surface area contributed by atoms with E-state index in [1.54, 1.807) is 18.3 Å². The molecule has 160 valence electrons. The minimum Gasteiger partial charge on any atom is -0.493 e. The summed E-state index contributed by atoms with van der Waals surface area (Å²) in [5, 5.41) is 8.90. The number of hydrogen-bond donors (Lipinski definition) is 1. The summed E-state index contributed by atoms with van der Waals surface area (Å²) in [6, 6.07) is 19.3. The van der Waals surface area contributed by atoms with Crippen LogP contribution in [0.4, 0.5) is 5.69 Å². The van der Waals surface area contributed by atoms with E-state index in [2.05, 4.69) is 15.8 Å². The second kappa shape index (κ2) is 8.81. The minimum absolute atomic E-state index is 0.00835. The molecule has 1 fully saturated rings. The van der Waals surface area contributed by atoms with Crippen LogP contribution >= 0.6 is 12.1 Å². The fourth-order valence-corrected chi connectivity index (χ4v) is 4.65. The van der Waals surface area contributed by atoms with Crippen LogP contribution in [0, 0.1) is 11.3 Å². The largest absolute Gasteiger partial charge is 0.493 e. The van der Waals surface area contributed by atoms with Crippen molar-refractivity contribution < 1.29 is 14.3 Å². The Morgan fingerprint density at radius 3 is 2.72 bits per heavy atom. The Bertz CT molecular complexity index is 1180. The van der Waals surface area contributed by atoms with E-state index in [0.29, 0.717) is 30.5 Å². The Balaban J connectivity index is 1.23. The van der Waals surface area contributed by atoms with E-state index in [4.69, 9.17) is 14.7 Å². The molecule has 0 saturated carbocycles. The van der Waals surface area contributed by atoms with Gasteiger partial charge in [-0.2, -0.15) is 5.26 Å². The van der Waals surface area contributed by atoms with Gasteiger partial charge in [-0.05, 0) is 66.4 Å². The molecule has 2 heterocycles. The molecule has 1 saturated heterocycles. The molecule has 0 bridgehead atoms. The number of nitrogens with one attached hydrogen (secondary N) is 1. The second-order valence-electron chi connectivity index (χ2n) is 7.61. The molecular formula is C24H20N4O3S. The highest BCUT2D eigenvalue weighted by molar-refractivity contribution is 7.99. The Labute approximate surface area is 190 Å². The third-order valence-electron chi connectivity index (χ3n) is 5.56. The van der Waals surface area contributed by atoms with Crippen molar-refractivity contribution in [1.29, 1.82) is 5.26 Å². The van der Waals surface area contributed by atoms with Gasteiger partial charge in [0.15, 0.2) is 0 Å². The number of rotatable bonds is 6. The molecule has 1 amide bonds. The van der Waals surface area contributed by atoms with Crippen molar-refractivity contribution in [2.45, 2.75) is 18.8 Å². The molecule has 8 heteroatoms. The highest BCUT2D eigenvalue weighted by Crippen LogP contribution is 2.40. The van der Waals surface area contributed by atoms with Gasteiger partial charge >= 0.3 is 0 Å². The van der Waals surface area contributed by atoms with Gasteiger partial charge < -0.3 is 9.47 Å². The zero-order chi connectivity index (χ0) is 21.9. The molecule has 1 aliphatic heterocycles. The average molecular weight is 445 g/mol. The van der Waals surface area contributed by atoms with Crippen LogP contribution in [0.1, 0.15) is 29.2 Å². The minimum atomic E-state index is 0.00835. The number of nitrogens with zero attached hydrogens (tertiary/aromatic N) is 3. The molecule has 0 unspecified atom stereocenters. The molecule has 1 aliphatic carbocycles. The van der Waals surface area contributed by atoms with E-state index in [1.807, 2.05) is 46.8 Å². The average Bonchev–Trinajstić information content (AvgIpc) is 3.45. The number of amides is 1. The monoisotopic (exact) mass is 444 g/mol. The van der Waals surface area contributed by atoms with Crippen molar-refractivity contribution in [3.05, 3.63) is 77.6 Å². The molecule has 2 aromatic carbocycles. The number of aromatic nitrogens is 1. The third kappa shape index (κ3) is 4.20. The summed E-state index contributed by atoms with van der Waals surface area (Å²) in [6.45, 7) is 0.944. The molecule has 7 nitrogen and oxygen atoms in total. The zero-order valence-corrected chi connectivity index (χ0v) is 18.0. The highest BCUT2D eigenvalue weighted by Gasteiger charge is 2.26. The number of carbonyl (C=O) groups is 1. The first-order valence-electron chi connectivity index (χ1n) is 10.3. The summed E-state index contributed by atoms with van der Waals surface area (Å²) >= 11 is 1.30. The standard InChI is InChI=1S/C24H20N4O3S/c25-12-17-5-8-20(13-26-17)31-23-3-1-2-21-16(4-11-22(21)23)15-30-19-9-6-18(7-10-19)28-14-24(29)27-32-28/h1-3,5-10,13,16H,4,11,14-15H2,(H,27,29)/t16-/m0/s1. The van der Waals surface area contributed by atoms with E-state index in [9.17, 15) is 4.79 Å². The van der Waals surface area contributed by atoms with Gasteiger partial charge in [-0.15, -0.1) is 0 Å². The van der Waals surface area contributed by atoms with Crippen molar-refractivity contribution >= 4 is 23.7 Å². The van der Waals surface area contributed by atoms with E-state index in [-0.39, 0.29) is 5.91 Å². The van der Waals surface area contributed by atoms with E-state index in [1.165, 1.54) is 23.3 Å². The number of ether oxygens (including phenoxy) is 2. The predicted octanol–water partition coefficient (Wildman–Crippen LogP) is 4.35. The lowest BCUT2D eigenvalue weighted by molar-refractivity contribution is -0.117. The molecule has 0 spiro atoms. The lowest BCUT2D eigenvalue weighted by Crippen LogP contribution is -2.15. The van der Waals surface area contributed by atoms with Crippen LogP contribution in [0.2, 0.25) is 0 Å². The molecular weight excluding hydrogens is 424 g/mol. The van der Waals surface area contributed by atoms with Crippen molar-refractivity contribution in [1.82, 2.24) is 9.71 Å². The van der Waals surface area contributed by atoms with Gasteiger partial charge in [0.05, 0.1) is 24.9 Å². The topological polar surface area (TPSA) is 87.5 Å². The number of fused-ring (bicyclic) bond motifs is 1. The van der Waals surface area contributed by atoms with E-state index < -0.39 is 0 Å². The maximum atomic E-state index is 11.4. The fourth-order valence-electron chi connectivity index (χ4n) is 3.96. The number of pyridine rings is 1. The number of hydrogen-bond acceptors (Lipinski definition) is 7. The third-order valence-corrected chi connectivity index (χ3v) is 6.44. The highest BCUT2D eigenvalue weighted by atomic mass is 32.2. The molecule has 32 heavy (non-hydrogen) atoms. The van der Waals surface area contributed by atoms with Crippen molar-refractivity contribution in [2.24, 2.45) is 0 Å². The lowest BCUT2D eigenvalue weighted by Gasteiger charge is -2.16. The Kier molecular flexibility index (Phi) is 5.57. The molecule has 1 N–H and O–H groups in total. The molecule has 2 aliphatic rings. The van der Waals surface area contributed by atoms with Crippen LogP contribution in [0.3, 0.4) is 0 Å². The van der Waals surface area contributed by atoms with Crippen LogP contribution in [0.25, 0.3) is 0 Å². The quantitative estimate of drug-likeness (QED) is 0.566. The number of benzene rings is 2. The molecule has 3 aromatic rings. The number of carbonyl (C=O) groups excluding carboxylic acids is 1. The Morgan fingerprint density at radius 1 is 1.16 bits per heavy atom. The van der Waals surface area contributed by atoms with Gasteiger partial charge in [0, 0.05) is 11.6 Å². The summed E-state index contributed by atoms with van der Waals surface area (Å²) < 4.78 is 16.8. The first-order valence-corrected chi connectivity index (χ1v) is 11.1. The van der Waals surface area contributed by atoms with Crippen molar-refractivity contribution in [2.75, 3.05) is 17.5 Å². The maximum absolute atomic E-state index is 11.4. The molecule has 5 rings (SSSR count). The molecule has 0 radical (unpaired) electrons. The zero-order valence-electron chi connectivity index (χ0n) is 17.2. The normalized spacial score (nSPS) is 16.9. The summed E-state index contributed by atoms with van der Waals surface area (Å²) in [5.74, 6) is 2.55. The summed E-state index contributed by atoms with van der Waals surface area (Å²) in [7, 11) is 0. The van der Waals surface area contributed by atoms with Gasteiger partial charge in [0.25, 0.3) is 5.91 Å². The van der Waals surface area contributed by atoms with E-state index >= 15 is 0 Å². The van der Waals surface area contributed by atoms with Crippen LogP contribution in [-0.2, 0) is 11.2 Å². The van der Waals surface area contributed by atoms with Gasteiger partial charge in [0.2, 0.25) is 0 Å². The van der Waals surface area contributed by atoms with Gasteiger partial charge in [-0.3, -0.25) is 13.8 Å². The predicted molar refractivity (Wildman–Crippen MR) is 122 cm³/mol. The summed E-state index contributed by atoms with van der Waals surface area (Å²) in [4.78, 5) is 15.4. The van der Waals surface area contributed by atoms with Crippen molar-refractivity contribution in [3.63, 3.8) is 0 Å².